The molecule has 1 aromatic heterocycles. The van der Waals surface area contributed by atoms with Crippen LogP contribution in [0.2, 0.25) is 0 Å². The second-order valence-electron chi connectivity index (χ2n) is 5.76. The Balaban J connectivity index is 1.57. The third-order valence-corrected chi connectivity index (χ3v) is 4.47. The second kappa shape index (κ2) is 5.38. The lowest BCUT2D eigenvalue weighted by Crippen LogP contribution is -2.24. The summed E-state index contributed by atoms with van der Waals surface area (Å²) in [5.74, 6) is 1.16. The highest BCUT2D eigenvalue weighted by Gasteiger charge is 2.22. The van der Waals surface area contributed by atoms with Crippen molar-refractivity contribution in [2.75, 3.05) is 0 Å². The number of nitrogens with one attached hydrogen (secondary N) is 1. The SMILES string of the molecule is c1ccc2c(CNC3CCCc4occc43)cccc2c1. The van der Waals surface area contributed by atoms with E-state index in [0.29, 0.717) is 6.04 Å². The molecule has 0 radical (unpaired) electrons. The molecule has 1 heterocycles. The van der Waals surface area contributed by atoms with Crippen molar-refractivity contribution in [3.63, 3.8) is 0 Å². The van der Waals surface area contributed by atoms with Gasteiger partial charge in [0.05, 0.1) is 6.26 Å². The Bertz CT molecular complexity index is 754. The van der Waals surface area contributed by atoms with Gasteiger partial charge in [-0.15, -0.1) is 0 Å². The van der Waals surface area contributed by atoms with Crippen LogP contribution in [0.25, 0.3) is 10.8 Å². The number of hydrogen-bond donors (Lipinski definition) is 1. The Kier molecular flexibility index (Phi) is 3.24. The van der Waals surface area contributed by atoms with Gasteiger partial charge in [0.2, 0.25) is 0 Å². The molecule has 0 bridgehead atoms. The van der Waals surface area contributed by atoms with E-state index in [0.717, 1.165) is 18.7 Å². The van der Waals surface area contributed by atoms with Crippen LogP contribution in [0.15, 0.2) is 59.2 Å². The Labute approximate surface area is 124 Å². The van der Waals surface area contributed by atoms with Gasteiger partial charge in [0, 0.05) is 24.6 Å². The molecule has 4 rings (SSSR count). The number of benzene rings is 2. The molecule has 1 atom stereocenters. The smallest absolute Gasteiger partial charge is 0.108 e. The van der Waals surface area contributed by atoms with Crippen molar-refractivity contribution in [1.82, 2.24) is 5.32 Å². The van der Waals surface area contributed by atoms with Crippen LogP contribution >= 0.6 is 0 Å². The summed E-state index contributed by atoms with van der Waals surface area (Å²) in [5.41, 5.74) is 2.71. The van der Waals surface area contributed by atoms with Crippen LogP contribution in [0.3, 0.4) is 0 Å². The fourth-order valence-electron chi connectivity index (χ4n) is 3.38. The van der Waals surface area contributed by atoms with Gasteiger partial charge in [0.25, 0.3) is 0 Å². The zero-order valence-electron chi connectivity index (χ0n) is 12.0. The fourth-order valence-corrected chi connectivity index (χ4v) is 3.38. The van der Waals surface area contributed by atoms with E-state index in [-0.39, 0.29) is 0 Å². The molecule has 3 aromatic rings. The molecular formula is C19H19NO. The predicted molar refractivity (Wildman–Crippen MR) is 85.2 cm³/mol. The first-order chi connectivity index (χ1) is 10.4. The average Bonchev–Trinajstić information content (AvgIpc) is 3.02. The summed E-state index contributed by atoms with van der Waals surface area (Å²) in [5, 5.41) is 6.37. The van der Waals surface area contributed by atoms with Crippen LogP contribution in [0.4, 0.5) is 0 Å². The summed E-state index contributed by atoms with van der Waals surface area (Å²) in [6.45, 7) is 0.899. The molecule has 1 aliphatic carbocycles. The van der Waals surface area contributed by atoms with Crippen molar-refractivity contribution < 1.29 is 4.42 Å². The maximum absolute atomic E-state index is 5.57. The summed E-state index contributed by atoms with van der Waals surface area (Å²) in [6, 6.07) is 17.7. The van der Waals surface area contributed by atoms with Gasteiger partial charge in [-0.1, -0.05) is 42.5 Å². The van der Waals surface area contributed by atoms with Gasteiger partial charge in [-0.25, -0.2) is 0 Å². The Morgan fingerprint density at radius 3 is 2.95 bits per heavy atom. The first-order valence-corrected chi connectivity index (χ1v) is 7.68. The Morgan fingerprint density at radius 1 is 1.05 bits per heavy atom. The molecule has 0 spiro atoms. The molecule has 2 nitrogen and oxygen atoms in total. The number of rotatable bonds is 3. The molecule has 0 saturated heterocycles. The van der Waals surface area contributed by atoms with Gasteiger partial charge in [0.15, 0.2) is 0 Å². The van der Waals surface area contributed by atoms with E-state index in [1.54, 1.807) is 0 Å². The highest BCUT2D eigenvalue weighted by molar-refractivity contribution is 5.85. The first-order valence-electron chi connectivity index (χ1n) is 7.68. The molecule has 0 aliphatic heterocycles. The Morgan fingerprint density at radius 2 is 1.95 bits per heavy atom. The van der Waals surface area contributed by atoms with E-state index in [1.807, 2.05) is 6.26 Å². The highest BCUT2D eigenvalue weighted by atomic mass is 16.3. The monoisotopic (exact) mass is 277 g/mol. The van der Waals surface area contributed by atoms with Crippen molar-refractivity contribution in [2.45, 2.75) is 31.8 Å². The van der Waals surface area contributed by atoms with Crippen molar-refractivity contribution in [2.24, 2.45) is 0 Å². The minimum Gasteiger partial charge on any atom is -0.469 e. The van der Waals surface area contributed by atoms with Crippen LogP contribution in [0.5, 0.6) is 0 Å². The molecule has 0 fully saturated rings. The molecular weight excluding hydrogens is 258 g/mol. The molecule has 21 heavy (non-hydrogen) atoms. The third kappa shape index (κ3) is 2.36. The van der Waals surface area contributed by atoms with E-state index in [1.165, 1.54) is 34.7 Å². The van der Waals surface area contributed by atoms with Gasteiger partial charge in [-0.05, 0) is 35.2 Å². The topological polar surface area (TPSA) is 25.2 Å². The van der Waals surface area contributed by atoms with Crippen LogP contribution in [-0.2, 0) is 13.0 Å². The lowest BCUT2D eigenvalue weighted by atomic mass is 9.93. The normalized spacial score (nSPS) is 17.8. The maximum atomic E-state index is 5.57. The largest absolute Gasteiger partial charge is 0.469 e. The van der Waals surface area contributed by atoms with Crippen LogP contribution < -0.4 is 5.32 Å². The lowest BCUT2D eigenvalue weighted by molar-refractivity contribution is 0.411. The first kappa shape index (κ1) is 12.7. The quantitative estimate of drug-likeness (QED) is 0.757. The van der Waals surface area contributed by atoms with E-state index >= 15 is 0 Å². The summed E-state index contributed by atoms with van der Waals surface area (Å²) >= 11 is 0. The zero-order chi connectivity index (χ0) is 14.1. The molecule has 1 unspecified atom stereocenters. The summed E-state index contributed by atoms with van der Waals surface area (Å²) < 4.78 is 5.57. The van der Waals surface area contributed by atoms with E-state index < -0.39 is 0 Å². The molecule has 0 amide bonds. The van der Waals surface area contributed by atoms with Crippen molar-refractivity contribution in [3.8, 4) is 0 Å². The van der Waals surface area contributed by atoms with Crippen molar-refractivity contribution in [3.05, 3.63) is 71.7 Å². The van der Waals surface area contributed by atoms with E-state index in [9.17, 15) is 0 Å². The lowest BCUT2D eigenvalue weighted by Gasteiger charge is -2.23. The van der Waals surface area contributed by atoms with Crippen LogP contribution in [-0.4, -0.2) is 0 Å². The number of aryl methyl sites for hydroxylation is 1. The van der Waals surface area contributed by atoms with Gasteiger partial charge in [0.1, 0.15) is 5.76 Å². The van der Waals surface area contributed by atoms with Crippen LogP contribution in [0, 0.1) is 0 Å². The summed E-state index contributed by atoms with van der Waals surface area (Å²) in [4.78, 5) is 0. The minimum atomic E-state index is 0.423. The standard InChI is InChI=1S/C19H19NO/c1-2-8-16-14(5-1)6-3-7-15(16)13-20-18-9-4-10-19-17(18)11-12-21-19/h1-3,5-8,11-12,18,20H,4,9-10,13H2. The number of furan rings is 1. The summed E-state index contributed by atoms with van der Waals surface area (Å²) in [6.07, 6.45) is 5.29. The van der Waals surface area contributed by atoms with E-state index in [2.05, 4.69) is 53.8 Å². The zero-order valence-corrected chi connectivity index (χ0v) is 12.0. The van der Waals surface area contributed by atoms with E-state index in [4.69, 9.17) is 4.42 Å². The third-order valence-electron chi connectivity index (χ3n) is 4.47. The summed E-state index contributed by atoms with van der Waals surface area (Å²) in [7, 11) is 0. The molecule has 1 aliphatic rings. The van der Waals surface area contributed by atoms with Crippen molar-refractivity contribution in [1.29, 1.82) is 0 Å². The molecule has 1 N–H and O–H groups in total. The Hall–Kier alpha value is -2.06. The van der Waals surface area contributed by atoms with Gasteiger partial charge >= 0.3 is 0 Å². The maximum Gasteiger partial charge on any atom is 0.108 e. The minimum absolute atomic E-state index is 0.423. The van der Waals surface area contributed by atoms with Gasteiger partial charge in [-0.3, -0.25) is 0 Å². The van der Waals surface area contributed by atoms with Crippen molar-refractivity contribution >= 4 is 10.8 Å². The second-order valence-corrected chi connectivity index (χ2v) is 5.76. The molecule has 2 aromatic carbocycles. The fraction of sp³-hybridized carbons (Fsp3) is 0.263. The number of hydrogen-bond acceptors (Lipinski definition) is 2. The predicted octanol–water partition coefficient (Wildman–Crippen LogP) is 4.60. The average molecular weight is 277 g/mol. The molecule has 106 valence electrons. The van der Waals surface area contributed by atoms with Crippen LogP contribution in [0.1, 0.15) is 35.8 Å². The van der Waals surface area contributed by atoms with Gasteiger partial charge in [-0.2, -0.15) is 0 Å². The van der Waals surface area contributed by atoms with Gasteiger partial charge < -0.3 is 9.73 Å². The number of fused-ring (bicyclic) bond motifs is 2. The molecule has 0 saturated carbocycles. The molecule has 2 heteroatoms. The highest BCUT2D eigenvalue weighted by Crippen LogP contribution is 2.31.